The highest BCUT2D eigenvalue weighted by atomic mass is 16.5. The lowest BCUT2D eigenvalue weighted by Gasteiger charge is -2.08. The van der Waals surface area contributed by atoms with E-state index in [1.807, 2.05) is 30.3 Å². The van der Waals surface area contributed by atoms with Crippen molar-refractivity contribution in [2.24, 2.45) is 0 Å². The molecule has 3 rings (SSSR count). The summed E-state index contributed by atoms with van der Waals surface area (Å²) in [6.45, 7) is 2.06. The Morgan fingerprint density at radius 1 is 1.12 bits per heavy atom. The van der Waals surface area contributed by atoms with Crippen molar-refractivity contribution in [3.05, 3.63) is 53.6 Å². The third kappa shape index (κ3) is 1.72. The number of carbonyl (C=O) groups excluding carboxylic acids is 1. The average molecular weight is 224 g/mol. The van der Waals surface area contributed by atoms with Gasteiger partial charge in [0.2, 0.25) is 0 Å². The maximum atomic E-state index is 11.2. The smallest absolute Gasteiger partial charge is 0.315 e. The Bertz CT molecular complexity index is 585. The molecule has 2 nitrogen and oxygen atoms in total. The van der Waals surface area contributed by atoms with Crippen LogP contribution < -0.4 is 4.74 Å². The molecule has 0 atom stereocenters. The Kier molecular flexibility index (Phi) is 2.22. The number of benzene rings is 2. The molecule has 0 spiro atoms. The summed E-state index contributed by atoms with van der Waals surface area (Å²) in [4.78, 5) is 11.2. The molecule has 0 aromatic heterocycles. The summed E-state index contributed by atoms with van der Waals surface area (Å²) in [6, 6.07) is 14.1. The van der Waals surface area contributed by atoms with Gasteiger partial charge in [-0.25, -0.2) is 0 Å². The summed E-state index contributed by atoms with van der Waals surface area (Å²) in [7, 11) is 0. The maximum absolute atomic E-state index is 11.2. The molecule has 2 heteroatoms. The van der Waals surface area contributed by atoms with Crippen LogP contribution in [0.25, 0.3) is 11.1 Å². The minimum absolute atomic E-state index is 0.162. The van der Waals surface area contributed by atoms with Gasteiger partial charge in [-0.15, -0.1) is 0 Å². The molecular weight excluding hydrogens is 212 g/mol. The van der Waals surface area contributed by atoms with Crippen molar-refractivity contribution in [3.8, 4) is 16.9 Å². The lowest BCUT2D eigenvalue weighted by Crippen LogP contribution is -2.00. The van der Waals surface area contributed by atoms with Crippen molar-refractivity contribution in [1.29, 1.82) is 0 Å². The van der Waals surface area contributed by atoms with Crippen LogP contribution in [0.1, 0.15) is 11.1 Å². The van der Waals surface area contributed by atoms with E-state index in [9.17, 15) is 4.79 Å². The Morgan fingerprint density at radius 2 is 1.88 bits per heavy atom. The Balaban J connectivity index is 2.14. The zero-order valence-electron chi connectivity index (χ0n) is 9.57. The van der Waals surface area contributed by atoms with Crippen LogP contribution in [0.2, 0.25) is 0 Å². The van der Waals surface area contributed by atoms with E-state index < -0.39 is 0 Å². The van der Waals surface area contributed by atoms with Gasteiger partial charge in [0.05, 0.1) is 6.42 Å². The molecule has 1 heterocycles. The van der Waals surface area contributed by atoms with Gasteiger partial charge in [0.1, 0.15) is 5.75 Å². The second-order valence-electron chi connectivity index (χ2n) is 4.29. The van der Waals surface area contributed by atoms with Crippen molar-refractivity contribution >= 4 is 5.97 Å². The van der Waals surface area contributed by atoms with Crippen molar-refractivity contribution in [2.75, 3.05) is 0 Å². The molecule has 0 radical (unpaired) electrons. The summed E-state index contributed by atoms with van der Waals surface area (Å²) in [6.07, 6.45) is 0.394. The minimum atomic E-state index is -0.162. The number of rotatable bonds is 1. The van der Waals surface area contributed by atoms with Gasteiger partial charge in [0, 0.05) is 5.56 Å². The molecule has 0 N–H and O–H groups in total. The predicted octanol–water partition coefficient (Wildman–Crippen LogP) is 3.12. The topological polar surface area (TPSA) is 26.3 Å². The normalized spacial score (nSPS) is 13.4. The third-order valence-electron chi connectivity index (χ3n) is 3.05. The van der Waals surface area contributed by atoms with E-state index >= 15 is 0 Å². The standard InChI is InChI=1S/C15H12O2/c1-10-7-12-8-15(16)17-14(12)9-13(10)11-5-3-2-4-6-11/h2-7,9H,8H2,1H3. The molecule has 17 heavy (non-hydrogen) atoms. The number of fused-ring (bicyclic) bond motifs is 1. The van der Waals surface area contributed by atoms with E-state index in [0.717, 1.165) is 16.7 Å². The van der Waals surface area contributed by atoms with Crippen molar-refractivity contribution in [2.45, 2.75) is 13.3 Å². The first kappa shape index (κ1) is 10.1. The zero-order chi connectivity index (χ0) is 11.8. The van der Waals surface area contributed by atoms with Crippen LogP contribution in [-0.2, 0) is 11.2 Å². The number of ether oxygens (including phenoxy) is 1. The summed E-state index contributed by atoms with van der Waals surface area (Å²) in [5.74, 6) is 0.545. The van der Waals surface area contributed by atoms with Gasteiger partial charge in [-0.3, -0.25) is 4.79 Å². The monoisotopic (exact) mass is 224 g/mol. The fourth-order valence-electron chi connectivity index (χ4n) is 2.22. The van der Waals surface area contributed by atoms with Crippen molar-refractivity contribution in [3.63, 3.8) is 0 Å². The molecule has 0 fully saturated rings. The number of hydrogen-bond acceptors (Lipinski definition) is 2. The molecular formula is C15H12O2. The first-order valence-corrected chi connectivity index (χ1v) is 5.63. The zero-order valence-corrected chi connectivity index (χ0v) is 9.57. The van der Waals surface area contributed by atoms with E-state index in [0.29, 0.717) is 12.2 Å². The minimum Gasteiger partial charge on any atom is -0.426 e. The van der Waals surface area contributed by atoms with Crippen LogP contribution in [0.3, 0.4) is 0 Å². The van der Waals surface area contributed by atoms with Crippen LogP contribution in [0.4, 0.5) is 0 Å². The predicted molar refractivity (Wildman–Crippen MR) is 66.0 cm³/mol. The Morgan fingerprint density at radius 3 is 2.65 bits per heavy atom. The first-order valence-electron chi connectivity index (χ1n) is 5.63. The largest absolute Gasteiger partial charge is 0.426 e. The summed E-state index contributed by atoms with van der Waals surface area (Å²) < 4.78 is 5.19. The van der Waals surface area contributed by atoms with E-state index in [2.05, 4.69) is 19.1 Å². The number of esters is 1. The molecule has 2 aromatic carbocycles. The van der Waals surface area contributed by atoms with E-state index in [4.69, 9.17) is 4.74 Å². The van der Waals surface area contributed by atoms with E-state index in [-0.39, 0.29) is 5.97 Å². The van der Waals surface area contributed by atoms with Crippen LogP contribution in [0, 0.1) is 6.92 Å². The molecule has 0 aliphatic carbocycles. The number of aryl methyl sites for hydroxylation is 1. The second kappa shape index (κ2) is 3.74. The van der Waals surface area contributed by atoms with Crippen LogP contribution >= 0.6 is 0 Å². The van der Waals surface area contributed by atoms with Crippen molar-refractivity contribution < 1.29 is 9.53 Å². The van der Waals surface area contributed by atoms with Gasteiger partial charge in [-0.2, -0.15) is 0 Å². The lowest BCUT2D eigenvalue weighted by atomic mass is 9.97. The molecule has 84 valence electrons. The van der Waals surface area contributed by atoms with Crippen molar-refractivity contribution in [1.82, 2.24) is 0 Å². The Hall–Kier alpha value is -2.09. The average Bonchev–Trinajstić information content (AvgIpc) is 2.68. The van der Waals surface area contributed by atoms with Gasteiger partial charge in [-0.1, -0.05) is 36.4 Å². The SMILES string of the molecule is Cc1cc2c(cc1-c1ccccc1)OC(=O)C2. The molecule has 0 unspecified atom stereocenters. The first-order chi connectivity index (χ1) is 8.24. The number of hydrogen-bond donors (Lipinski definition) is 0. The summed E-state index contributed by atoms with van der Waals surface area (Å²) in [5, 5.41) is 0. The van der Waals surface area contributed by atoms with Crippen LogP contribution in [-0.4, -0.2) is 5.97 Å². The quantitative estimate of drug-likeness (QED) is 0.549. The highest BCUT2D eigenvalue weighted by Gasteiger charge is 2.21. The maximum Gasteiger partial charge on any atom is 0.315 e. The van der Waals surface area contributed by atoms with Gasteiger partial charge < -0.3 is 4.74 Å². The summed E-state index contributed by atoms with van der Waals surface area (Å²) in [5.41, 5.74) is 4.44. The molecule has 0 bridgehead atoms. The number of carbonyl (C=O) groups is 1. The molecule has 0 saturated carbocycles. The van der Waals surface area contributed by atoms with Crippen LogP contribution in [0.5, 0.6) is 5.75 Å². The van der Waals surface area contributed by atoms with Gasteiger partial charge in [0.15, 0.2) is 0 Å². The highest BCUT2D eigenvalue weighted by molar-refractivity contribution is 5.83. The summed E-state index contributed by atoms with van der Waals surface area (Å²) >= 11 is 0. The molecule has 0 saturated heterocycles. The molecule has 1 aliphatic rings. The van der Waals surface area contributed by atoms with Gasteiger partial charge >= 0.3 is 5.97 Å². The fourth-order valence-corrected chi connectivity index (χ4v) is 2.22. The third-order valence-corrected chi connectivity index (χ3v) is 3.05. The molecule has 0 amide bonds. The molecule has 2 aromatic rings. The van der Waals surface area contributed by atoms with Gasteiger partial charge in [-0.05, 0) is 29.7 Å². The van der Waals surface area contributed by atoms with E-state index in [1.54, 1.807) is 0 Å². The Labute approximate surface area is 99.9 Å². The highest BCUT2D eigenvalue weighted by Crippen LogP contribution is 2.34. The fraction of sp³-hybridized carbons (Fsp3) is 0.133. The lowest BCUT2D eigenvalue weighted by molar-refractivity contribution is -0.131. The van der Waals surface area contributed by atoms with Crippen LogP contribution in [0.15, 0.2) is 42.5 Å². The van der Waals surface area contributed by atoms with E-state index in [1.165, 1.54) is 5.56 Å². The molecule has 1 aliphatic heterocycles. The second-order valence-corrected chi connectivity index (χ2v) is 4.29. The van der Waals surface area contributed by atoms with Gasteiger partial charge in [0.25, 0.3) is 0 Å².